The van der Waals surface area contributed by atoms with Gasteiger partial charge in [0.15, 0.2) is 0 Å². The molecule has 2 aliphatic rings. The lowest BCUT2D eigenvalue weighted by Crippen LogP contribution is -2.38. The fourth-order valence-electron chi connectivity index (χ4n) is 3.56. The van der Waals surface area contributed by atoms with Gasteiger partial charge < -0.3 is 9.30 Å². The molecule has 2 aromatic heterocycles. The molecule has 4 heterocycles. The predicted molar refractivity (Wildman–Crippen MR) is 88.5 cm³/mol. The van der Waals surface area contributed by atoms with Crippen molar-refractivity contribution in [3.8, 4) is 5.88 Å². The first kappa shape index (κ1) is 15.5. The van der Waals surface area contributed by atoms with Gasteiger partial charge in [-0.1, -0.05) is 6.42 Å². The molecule has 0 aliphatic carbocycles. The van der Waals surface area contributed by atoms with E-state index in [0.717, 1.165) is 51.3 Å². The molecule has 7 nitrogen and oxygen atoms in total. The van der Waals surface area contributed by atoms with E-state index in [1.807, 2.05) is 0 Å². The highest BCUT2D eigenvalue weighted by atomic mass is 16.5. The van der Waals surface area contributed by atoms with E-state index >= 15 is 0 Å². The molecular formula is C17H24N6O. The maximum absolute atomic E-state index is 5.91. The SMILES string of the molecule is c1cnc(OC2CCN(Cc3nnc4n3CCCCC4)CC2)cn1. The van der Waals surface area contributed by atoms with Crippen LogP contribution in [0, 0.1) is 0 Å². The first-order valence-electron chi connectivity index (χ1n) is 8.94. The zero-order valence-electron chi connectivity index (χ0n) is 14.0. The van der Waals surface area contributed by atoms with E-state index in [1.165, 1.54) is 25.1 Å². The van der Waals surface area contributed by atoms with Crippen molar-refractivity contribution in [2.45, 2.75) is 57.7 Å². The lowest BCUT2D eigenvalue weighted by Gasteiger charge is -2.31. The Kier molecular flexibility index (Phi) is 4.69. The number of nitrogens with zero attached hydrogens (tertiary/aromatic N) is 6. The number of likely N-dealkylation sites (tertiary alicyclic amines) is 1. The molecule has 4 rings (SSSR count). The molecule has 2 aliphatic heterocycles. The Labute approximate surface area is 142 Å². The van der Waals surface area contributed by atoms with Crippen LogP contribution in [0.3, 0.4) is 0 Å². The van der Waals surface area contributed by atoms with Gasteiger partial charge in [0, 0.05) is 38.4 Å². The Balaban J connectivity index is 1.31. The molecule has 0 amide bonds. The highest BCUT2D eigenvalue weighted by Gasteiger charge is 2.23. The maximum Gasteiger partial charge on any atom is 0.232 e. The van der Waals surface area contributed by atoms with Crippen LogP contribution in [0.2, 0.25) is 0 Å². The molecule has 0 N–H and O–H groups in total. The van der Waals surface area contributed by atoms with Crippen molar-refractivity contribution < 1.29 is 4.74 Å². The monoisotopic (exact) mass is 328 g/mol. The van der Waals surface area contributed by atoms with E-state index in [1.54, 1.807) is 18.6 Å². The summed E-state index contributed by atoms with van der Waals surface area (Å²) in [6.07, 6.45) is 12.1. The smallest absolute Gasteiger partial charge is 0.232 e. The van der Waals surface area contributed by atoms with Gasteiger partial charge in [-0.15, -0.1) is 10.2 Å². The number of rotatable bonds is 4. The summed E-state index contributed by atoms with van der Waals surface area (Å²) < 4.78 is 8.25. The van der Waals surface area contributed by atoms with Gasteiger partial charge in [-0.2, -0.15) is 0 Å². The van der Waals surface area contributed by atoms with Crippen LogP contribution in [0.25, 0.3) is 0 Å². The second kappa shape index (κ2) is 7.25. The minimum absolute atomic E-state index is 0.230. The highest BCUT2D eigenvalue weighted by Crippen LogP contribution is 2.19. The molecule has 128 valence electrons. The normalized spacial score (nSPS) is 19.7. The molecule has 1 saturated heterocycles. The van der Waals surface area contributed by atoms with Crippen LogP contribution in [0.1, 0.15) is 43.8 Å². The van der Waals surface area contributed by atoms with Crippen LogP contribution in [0.15, 0.2) is 18.6 Å². The number of hydrogen-bond donors (Lipinski definition) is 0. The number of aryl methyl sites for hydroxylation is 1. The molecule has 0 aromatic carbocycles. The van der Waals surface area contributed by atoms with Crippen molar-refractivity contribution in [2.24, 2.45) is 0 Å². The first-order chi connectivity index (χ1) is 11.9. The van der Waals surface area contributed by atoms with Gasteiger partial charge in [0.1, 0.15) is 17.8 Å². The van der Waals surface area contributed by atoms with Crippen molar-refractivity contribution in [1.82, 2.24) is 29.6 Å². The molecular weight excluding hydrogens is 304 g/mol. The molecule has 0 spiro atoms. The average molecular weight is 328 g/mol. The molecule has 0 saturated carbocycles. The number of ether oxygens (including phenoxy) is 1. The molecule has 0 unspecified atom stereocenters. The molecule has 2 aromatic rings. The quantitative estimate of drug-likeness (QED) is 0.853. The van der Waals surface area contributed by atoms with Crippen molar-refractivity contribution in [2.75, 3.05) is 13.1 Å². The summed E-state index contributed by atoms with van der Waals surface area (Å²) in [4.78, 5) is 10.7. The predicted octanol–water partition coefficient (Wildman–Crippen LogP) is 1.84. The maximum atomic E-state index is 5.91. The average Bonchev–Trinajstić information content (AvgIpc) is 2.84. The fourth-order valence-corrected chi connectivity index (χ4v) is 3.56. The zero-order valence-corrected chi connectivity index (χ0v) is 14.0. The number of hydrogen-bond acceptors (Lipinski definition) is 6. The Morgan fingerprint density at radius 2 is 1.96 bits per heavy atom. The van der Waals surface area contributed by atoms with E-state index in [0.29, 0.717) is 5.88 Å². The Morgan fingerprint density at radius 1 is 1.04 bits per heavy atom. The third kappa shape index (κ3) is 3.56. The summed E-state index contributed by atoms with van der Waals surface area (Å²) in [5.41, 5.74) is 0. The number of piperidine rings is 1. The Bertz CT molecular complexity index is 650. The third-order valence-corrected chi connectivity index (χ3v) is 4.91. The summed E-state index contributed by atoms with van der Waals surface area (Å²) in [7, 11) is 0. The van der Waals surface area contributed by atoms with Gasteiger partial charge in [0.2, 0.25) is 5.88 Å². The van der Waals surface area contributed by atoms with E-state index < -0.39 is 0 Å². The van der Waals surface area contributed by atoms with Crippen molar-refractivity contribution in [3.63, 3.8) is 0 Å². The van der Waals surface area contributed by atoms with Gasteiger partial charge in [0.25, 0.3) is 0 Å². The van der Waals surface area contributed by atoms with Crippen LogP contribution >= 0.6 is 0 Å². The lowest BCUT2D eigenvalue weighted by molar-refractivity contribution is 0.0908. The second-order valence-electron chi connectivity index (χ2n) is 6.63. The van der Waals surface area contributed by atoms with Crippen LogP contribution in [0.5, 0.6) is 5.88 Å². The fraction of sp³-hybridized carbons (Fsp3) is 0.647. The number of aromatic nitrogens is 5. The first-order valence-corrected chi connectivity index (χ1v) is 8.94. The minimum Gasteiger partial charge on any atom is -0.473 e. The second-order valence-corrected chi connectivity index (χ2v) is 6.63. The highest BCUT2D eigenvalue weighted by molar-refractivity contribution is 5.02. The summed E-state index contributed by atoms with van der Waals surface area (Å²) in [6.45, 7) is 4.01. The van der Waals surface area contributed by atoms with Gasteiger partial charge >= 0.3 is 0 Å². The summed E-state index contributed by atoms with van der Waals surface area (Å²) in [5, 5.41) is 8.84. The van der Waals surface area contributed by atoms with Crippen molar-refractivity contribution in [1.29, 1.82) is 0 Å². The summed E-state index contributed by atoms with van der Waals surface area (Å²) in [6, 6.07) is 0. The van der Waals surface area contributed by atoms with Crippen LogP contribution in [0.4, 0.5) is 0 Å². The van der Waals surface area contributed by atoms with E-state index in [9.17, 15) is 0 Å². The van der Waals surface area contributed by atoms with Gasteiger partial charge in [0.05, 0.1) is 12.7 Å². The minimum atomic E-state index is 0.230. The summed E-state index contributed by atoms with van der Waals surface area (Å²) in [5.74, 6) is 2.92. The van der Waals surface area contributed by atoms with E-state index in [2.05, 4.69) is 29.6 Å². The molecule has 1 fully saturated rings. The number of fused-ring (bicyclic) bond motifs is 1. The molecule has 0 radical (unpaired) electrons. The van der Waals surface area contributed by atoms with Gasteiger partial charge in [-0.3, -0.25) is 9.88 Å². The Morgan fingerprint density at radius 3 is 2.79 bits per heavy atom. The lowest BCUT2D eigenvalue weighted by atomic mass is 10.1. The van der Waals surface area contributed by atoms with Crippen LogP contribution in [-0.4, -0.2) is 48.8 Å². The zero-order chi connectivity index (χ0) is 16.2. The summed E-state index contributed by atoms with van der Waals surface area (Å²) >= 11 is 0. The van der Waals surface area contributed by atoms with Crippen molar-refractivity contribution >= 4 is 0 Å². The van der Waals surface area contributed by atoms with Gasteiger partial charge in [-0.05, 0) is 25.7 Å². The van der Waals surface area contributed by atoms with Crippen LogP contribution in [-0.2, 0) is 19.5 Å². The van der Waals surface area contributed by atoms with Crippen LogP contribution < -0.4 is 4.74 Å². The molecule has 0 bridgehead atoms. The third-order valence-electron chi connectivity index (χ3n) is 4.91. The molecule has 7 heteroatoms. The van der Waals surface area contributed by atoms with E-state index in [-0.39, 0.29) is 6.10 Å². The molecule has 0 atom stereocenters. The topological polar surface area (TPSA) is 69.0 Å². The van der Waals surface area contributed by atoms with E-state index in [4.69, 9.17) is 4.74 Å². The standard InChI is InChI=1S/C17H24N6O/c1-2-4-15-20-21-16(23(15)9-3-1)13-22-10-5-14(6-11-22)24-17-12-18-7-8-19-17/h7-8,12,14H,1-6,9-11,13H2. The molecule has 24 heavy (non-hydrogen) atoms. The Hall–Kier alpha value is -2.02. The van der Waals surface area contributed by atoms with Gasteiger partial charge in [-0.25, -0.2) is 4.98 Å². The van der Waals surface area contributed by atoms with Crippen molar-refractivity contribution in [3.05, 3.63) is 30.2 Å². The largest absolute Gasteiger partial charge is 0.473 e.